The number of ether oxygens (including phenoxy) is 1. The zero-order valence-corrected chi connectivity index (χ0v) is 17.6. The summed E-state index contributed by atoms with van der Waals surface area (Å²) in [6.45, 7) is 0.169. The van der Waals surface area contributed by atoms with Crippen molar-refractivity contribution in [2.75, 3.05) is 11.1 Å². The van der Waals surface area contributed by atoms with Gasteiger partial charge in [-0.1, -0.05) is 35.0 Å². The predicted molar refractivity (Wildman–Crippen MR) is 112 cm³/mol. The van der Waals surface area contributed by atoms with Crippen molar-refractivity contribution >= 4 is 46.6 Å². The first-order valence-corrected chi connectivity index (χ1v) is 10.1. The van der Waals surface area contributed by atoms with Crippen molar-refractivity contribution in [3.63, 3.8) is 0 Å². The second kappa shape index (κ2) is 9.65. The SMILES string of the molecule is Cn1c(COc2ccc(Cl)cc2Cl)nnc1SCC(=O)Nc1ccc(C#N)cc1. The molecule has 1 heterocycles. The highest BCUT2D eigenvalue weighted by molar-refractivity contribution is 7.99. The van der Waals surface area contributed by atoms with Crippen LogP contribution in [0.1, 0.15) is 11.4 Å². The molecule has 0 aliphatic heterocycles. The van der Waals surface area contributed by atoms with Gasteiger partial charge in [0.1, 0.15) is 12.4 Å². The quantitative estimate of drug-likeness (QED) is 0.542. The molecule has 10 heteroatoms. The van der Waals surface area contributed by atoms with Crippen LogP contribution in [0.25, 0.3) is 0 Å². The Morgan fingerprint density at radius 2 is 2.00 bits per heavy atom. The summed E-state index contributed by atoms with van der Waals surface area (Å²) in [5, 5.41) is 21.3. The Labute approximate surface area is 181 Å². The molecule has 0 radical (unpaired) electrons. The zero-order valence-electron chi connectivity index (χ0n) is 15.2. The lowest BCUT2D eigenvalue weighted by Gasteiger charge is -2.08. The number of amides is 1. The standard InChI is InChI=1S/C19H15Cl2N5O2S/c1-26-17(10-28-16-7-4-13(20)8-15(16)21)24-25-19(26)29-11-18(27)23-14-5-2-12(9-22)3-6-14/h2-8H,10-11H2,1H3,(H,23,27). The molecule has 1 N–H and O–H groups in total. The van der Waals surface area contributed by atoms with Gasteiger partial charge >= 0.3 is 0 Å². The van der Waals surface area contributed by atoms with E-state index in [0.29, 0.717) is 38.0 Å². The minimum absolute atomic E-state index is 0.163. The van der Waals surface area contributed by atoms with Crippen LogP contribution in [0, 0.1) is 11.3 Å². The van der Waals surface area contributed by atoms with E-state index in [9.17, 15) is 4.79 Å². The summed E-state index contributed by atoms with van der Waals surface area (Å²) in [5.74, 6) is 1.06. The summed E-state index contributed by atoms with van der Waals surface area (Å²) < 4.78 is 7.42. The Kier molecular flexibility index (Phi) is 6.99. The third-order valence-electron chi connectivity index (χ3n) is 3.81. The fourth-order valence-corrected chi connectivity index (χ4v) is 3.48. The molecule has 0 aliphatic rings. The highest BCUT2D eigenvalue weighted by Crippen LogP contribution is 2.28. The smallest absolute Gasteiger partial charge is 0.234 e. The van der Waals surface area contributed by atoms with Crippen LogP contribution in [-0.2, 0) is 18.4 Å². The van der Waals surface area contributed by atoms with E-state index in [1.165, 1.54) is 11.8 Å². The highest BCUT2D eigenvalue weighted by Gasteiger charge is 2.13. The minimum atomic E-state index is -0.187. The fraction of sp³-hybridized carbons (Fsp3) is 0.158. The number of hydrogen-bond acceptors (Lipinski definition) is 6. The number of nitriles is 1. The Balaban J connectivity index is 1.53. The second-order valence-electron chi connectivity index (χ2n) is 5.85. The minimum Gasteiger partial charge on any atom is -0.484 e. The van der Waals surface area contributed by atoms with Gasteiger partial charge in [0.05, 0.1) is 22.4 Å². The van der Waals surface area contributed by atoms with Crippen LogP contribution in [-0.4, -0.2) is 26.4 Å². The largest absolute Gasteiger partial charge is 0.484 e. The van der Waals surface area contributed by atoms with Crippen molar-refractivity contribution in [3.05, 3.63) is 63.9 Å². The van der Waals surface area contributed by atoms with E-state index in [1.807, 2.05) is 6.07 Å². The van der Waals surface area contributed by atoms with Gasteiger partial charge in [0.2, 0.25) is 5.91 Å². The van der Waals surface area contributed by atoms with Gasteiger partial charge in [-0.05, 0) is 42.5 Å². The molecule has 2 aromatic carbocycles. The van der Waals surface area contributed by atoms with Crippen LogP contribution in [0.2, 0.25) is 10.0 Å². The van der Waals surface area contributed by atoms with Crippen LogP contribution in [0.3, 0.4) is 0 Å². The van der Waals surface area contributed by atoms with Crippen LogP contribution in [0.5, 0.6) is 5.75 Å². The molecule has 0 saturated heterocycles. The Morgan fingerprint density at radius 1 is 1.24 bits per heavy atom. The van der Waals surface area contributed by atoms with Gasteiger partial charge < -0.3 is 14.6 Å². The molecule has 148 valence electrons. The van der Waals surface area contributed by atoms with Crippen LogP contribution >= 0.6 is 35.0 Å². The lowest BCUT2D eigenvalue weighted by molar-refractivity contribution is -0.113. The molecule has 0 spiro atoms. The van der Waals surface area contributed by atoms with E-state index in [1.54, 1.807) is 54.1 Å². The first-order valence-electron chi connectivity index (χ1n) is 8.35. The number of anilines is 1. The third-order valence-corrected chi connectivity index (χ3v) is 5.36. The van der Waals surface area contributed by atoms with Gasteiger partial charge in [-0.3, -0.25) is 4.79 Å². The molecule has 3 rings (SSSR count). The van der Waals surface area contributed by atoms with E-state index < -0.39 is 0 Å². The summed E-state index contributed by atoms with van der Waals surface area (Å²) in [7, 11) is 1.79. The molecule has 0 bridgehead atoms. The van der Waals surface area contributed by atoms with Crippen molar-refractivity contribution in [2.24, 2.45) is 7.05 Å². The molecule has 0 saturated carbocycles. The van der Waals surface area contributed by atoms with Crippen molar-refractivity contribution < 1.29 is 9.53 Å². The predicted octanol–water partition coefficient (Wildman–Crippen LogP) is 4.30. The first-order chi connectivity index (χ1) is 14.0. The second-order valence-corrected chi connectivity index (χ2v) is 7.63. The lowest BCUT2D eigenvalue weighted by Crippen LogP contribution is -2.14. The zero-order chi connectivity index (χ0) is 20.8. The van der Waals surface area contributed by atoms with E-state index >= 15 is 0 Å². The van der Waals surface area contributed by atoms with Crippen molar-refractivity contribution in [1.82, 2.24) is 14.8 Å². The van der Waals surface area contributed by atoms with Gasteiger partial charge in [0.25, 0.3) is 0 Å². The molecule has 1 amide bonds. The van der Waals surface area contributed by atoms with Gasteiger partial charge in [-0.2, -0.15) is 5.26 Å². The van der Waals surface area contributed by atoms with Gasteiger partial charge in [0.15, 0.2) is 11.0 Å². The lowest BCUT2D eigenvalue weighted by atomic mass is 10.2. The molecule has 0 fully saturated rings. The van der Waals surface area contributed by atoms with Crippen LogP contribution in [0.15, 0.2) is 47.6 Å². The Bertz CT molecular complexity index is 1060. The number of benzene rings is 2. The van der Waals surface area contributed by atoms with Crippen LogP contribution < -0.4 is 10.1 Å². The van der Waals surface area contributed by atoms with Crippen LogP contribution in [0.4, 0.5) is 5.69 Å². The number of carbonyl (C=O) groups is 1. The fourth-order valence-electron chi connectivity index (χ4n) is 2.29. The molecule has 0 unspecified atom stereocenters. The molecule has 29 heavy (non-hydrogen) atoms. The normalized spacial score (nSPS) is 10.4. The summed E-state index contributed by atoms with van der Waals surface area (Å²) in [4.78, 5) is 12.1. The number of aromatic nitrogens is 3. The number of thioether (sulfide) groups is 1. The topological polar surface area (TPSA) is 92.8 Å². The van der Waals surface area contributed by atoms with E-state index in [0.717, 1.165) is 0 Å². The molecule has 0 aliphatic carbocycles. The van der Waals surface area contributed by atoms with Gasteiger partial charge in [0, 0.05) is 17.8 Å². The summed E-state index contributed by atoms with van der Waals surface area (Å²) in [5.41, 5.74) is 1.16. The third kappa shape index (κ3) is 5.64. The number of halogens is 2. The molecule has 3 aromatic rings. The summed E-state index contributed by atoms with van der Waals surface area (Å²) >= 11 is 13.2. The average Bonchev–Trinajstić information content (AvgIpc) is 3.06. The number of rotatable bonds is 7. The van der Waals surface area contributed by atoms with E-state index in [4.69, 9.17) is 33.2 Å². The average molecular weight is 448 g/mol. The van der Waals surface area contributed by atoms with Gasteiger partial charge in [-0.25, -0.2) is 0 Å². The summed E-state index contributed by atoms with van der Waals surface area (Å²) in [6.07, 6.45) is 0. The molecular weight excluding hydrogens is 433 g/mol. The summed E-state index contributed by atoms with van der Waals surface area (Å²) in [6, 6.07) is 13.7. The number of nitrogens with zero attached hydrogens (tertiary/aromatic N) is 4. The molecule has 7 nitrogen and oxygen atoms in total. The maximum absolute atomic E-state index is 12.1. The van der Waals surface area contributed by atoms with E-state index in [-0.39, 0.29) is 18.3 Å². The Hall–Kier alpha value is -2.73. The molecule has 1 aromatic heterocycles. The number of hydrogen-bond donors (Lipinski definition) is 1. The van der Waals surface area contributed by atoms with Gasteiger partial charge in [-0.15, -0.1) is 10.2 Å². The van der Waals surface area contributed by atoms with E-state index in [2.05, 4.69) is 15.5 Å². The molecule has 0 atom stereocenters. The van der Waals surface area contributed by atoms with Crippen molar-refractivity contribution in [3.8, 4) is 11.8 Å². The highest BCUT2D eigenvalue weighted by atomic mass is 35.5. The maximum atomic E-state index is 12.1. The van der Waals surface area contributed by atoms with Crippen molar-refractivity contribution in [1.29, 1.82) is 5.26 Å². The number of carbonyl (C=O) groups excluding carboxylic acids is 1. The molecular formula is C19H15Cl2N5O2S. The van der Waals surface area contributed by atoms with Crippen molar-refractivity contribution in [2.45, 2.75) is 11.8 Å². The first kappa shape index (κ1) is 21.0. The Morgan fingerprint density at radius 3 is 2.69 bits per heavy atom. The maximum Gasteiger partial charge on any atom is 0.234 e. The number of nitrogens with one attached hydrogen (secondary N) is 1. The monoisotopic (exact) mass is 447 g/mol.